The smallest absolute Gasteiger partial charge is 0.361 e. The molecule has 2 fully saturated rings. The van der Waals surface area contributed by atoms with Gasteiger partial charge in [-0.3, -0.25) is 9.69 Å². The number of thioether (sulfide) groups is 1. The van der Waals surface area contributed by atoms with Crippen molar-refractivity contribution < 1.29 is 18.0 Å². The van der Waals surface area contributed by atoms with Crippen LogP contribution in [0.2, 0.25) is 0 Å². The third-order valence-electron chi connectivity index (χ3n) is 6.61. The molecule has 1 aromatic rings. The van der Waals surface area contributed by atoms with E-state index >= 15 is 0 Å². The number of nitrogens with zero attached hydrogens (tertiary/aromatic N) is 3. The lowest BCUT2D eigenvalue weighted by Gasteiger charge is -2.38. The van der Waals surface area contributed by atoms with Gasteiger partial charge in [0.25, 0.3) is 5.91 Å². The maximum Gasteiger partial charge on any atom is 0.416 e. The minimum atomic E-state index is -4.42. The first-order valence-electron chi connectivity index (χ1n) is 10.6. The molecule has 164 valence electrons. The zero-order valence-corrected chi connectivity index (χ0v) is 18.2. The van der Waals surface area contributed by atoms with E-state index in [-0.39, 0.29) is 11.5 Å². The van der Waals surface area contributed by atoms with Crippen LogP contribution in [0.15, 0.2) is 34.9 Å². The van der Waals surface area contributed by atoms with Crippen molar-refractivity contribution in [1.29, 1.82) is 0 Å². The molecule has 30 heavy (non-hydrogen) atoms. The molecule has 1 atom stereocenters. The van der Waals surface area contributed by atoms with Gasteiger partial charge >= 0.3 is 6.18 Å². The van der Waals surface area contributed by atoms with Crippen molar-refractivity contribution in [1.82, 2.24) is 14.7 Å². The fourth-order valence-corrected chi connectivity index (χ4v) is 6.18. The molecule has 8 heteroatoms. The summed E-state index contributed by atoms with van der Waals surface area (Å²) in [5.74, 6) is -0.0533. The molecule has 1 amide bonds. The molecule has 0 radical (unpaired) electrons. The standard InChI is InChI=1S/C22H28F3N3OS/c1-15-19(20(29)28-13-11-27(12-14-28)16-7-3-4-8-16)30-21(26(15)2)17-9-5-6-10-18(17)22(23,24)25/h5-6,9-10,16,21H,3-4,7-8,11-14H2,1-2H3. The van der Waals surface area contributed by atoms with Crippen LogP contribution in [0.5, 0.6) is 0 Å². The van der Waals surface area contributed by atoms with E-state index in [0.29, 0.717) is 24.0 Å². The van der Waals surface area contributed by atoms with Gasteiger partial charge in [-0.15, -0.1) is 0 Å². The van der Waals surface area contributed by atoms with Crippen LogP contribution in [0.3, 0.4) is 0 Å². The van der Waals surface area contributed by atoms with Crippen LogP contribution in [0.1, 0.15) is 49.1 Å². The molecule has 0 bridgehead atoms. The second-order valence-corrected chi connectivity index (χ2v) is 9.44. The predicted molar refractivity (Wildman–Crippen MR) is 113 cm³/mol. The molecule has 0 aromatic heterocycles. The lowest BCUT2D eigenvalue weighted by Crippen LogP contribution is -2.51. The van der Waals surface area contributed by atoms with E-state index in [1.165, 1.54) is 49.6 Å². The molecule has 1 aromatic carbocycles. The van der Waals surface area contributed by atoms with Crippen LogP contribution >= 0.6 is 11.8 Å². The molecule has 1 saturated heterocycles. The average molecular weight is 440 g/mol. The molecule has 0 spiro atoms. The van der Waals surface area contributed by atoms with E-state index in [1.807, 2.05) is 11.8 Å². The van der Waals surface area contributed by atoms with Gasteiger partial charge in [-0.1, -0.05) is 42.8 Å². The summed E-state index contributed by atoms with van der Waals surface area (Å²) in [4.78, 5) is 19.9. The van der Waals surface area contributed by atoms with E-state index in [0.717, 1.165) is 24.9 Å². The number of amides is 1. The quantitative estimate of drug-likeness (QED) is 0.682. The first-order valence-corrected chi connectivity index (χ1v) is 11.4. The normalized spacial score (nSPS) is 24.2. The third kappa shape index (κ3) is 4.08. The van der Waals surface area contributed by atoms with Gasteiger partial charge in [0.2, 0.25) is 0 Å². The van der Waals surface area contributed by atoms with E-state index in [2.05, 4.69) is 4.90 Å². The molecule has 4 rings (SSSR count). The Labute approximate surface area is 180 Å². The van der Waals surface area contributed by atoms with Gasteiger partial charge in [0, 0.05) is 45.0 Å². The maximum atomic E-state index is 13.5. The van der Waals surface area contributed by atoms with Crippen molar-refractivity contribution in [2.45, 2.75) is 50.2 Å². The van der Waals surface area contributed by atoms with Crippen LogP contribution in [0, 0.1) is 0 Å². The summed E-state index contributed by atoms with van der Waals surface area (Å²) in [7, 11) is 1.76. The van der Waals surface area contributed by atoms with Gasteiger partial charge < -0.3 is 9.80 Å². The Morgan fingerprint density at radius 1 is 1.07 bits per heavy atom. The number of benzene rings is 1. The number of allylic oxidation sites excluding steroid dienone is 1. The molecule has 1 unspecified atom stereocenters. The largest absolute Gasteiger partial charge is 0.416 e. The van der Waals surface area contributed by atoms with Crippen LogP contribution < -0.4 is 0 Å². The molecular formula is C22H28F3N3OS. The van der Waals surface area contributed by atoms with Crippen molar-refractivity contribution >= 4 is 17.7 Å². The number of carbonyl (C=O) groups is 1. The number of alkyl halides is 3. The highest BCUT2D eigenvalue weighted by atomic mass is 32.2. The SMILES string of the molecule is CC1=C(C(=O)N2CCN(C3CCCC3)CC2)SC(c2ccccc2C(F)(F)F)N1C. The topological polar surface area (TPSA) is 26.8 Å². The third-order valence-corrected chi connectivity index (χ3v) is 8.11. The highest BCUT2D eigenvalue weighted by Gasteiger charge is 2.41. The first kappa shape index (κ1) is 21.6. The van der Waals surface area contributed by atoms with E-state index in [1.54, 1.807) is 18.0 Å². The molecule has 1 aliphatic carbocycles. The summed E-state index contributed by atoms with van der Waals surface area (Å²) >= 11 is 1.24. The Hall–Kier alpha value is -1.67. The highest BCUT2D eigenvalue weighted by molar-refractivity contribution is 8.04. The lowest BCUT2D eigenvalue weighted by atomic mass is 10.1. The Morgan fingerprint density at radius 3 is 2.33 bits per heavy atom. The van der Waals surface area contributed by atoms with E-state index < -0.39 is 17.1 Å². The predicted octanol–water partition coefficient (Wildman–Crippen LogP) is 4.70. The van der Waals surface area contributed by atoms with Gasteiger partial charge in [0.1, 0.15) is 5.37 Å². The van der Waals surface area contributed by atoms with Crippen molar-refractivity contribution in [3.8, 4) is 0 Å². The molecule has 3 aliphatic rings. The molecule has 0 N–H and O–H groups in total. The van der Waals surface area contributed by atoms with Crippen LogP contribution in [0.25, 0.3) is 0 Å². The Bertz CT molecular complexity index is 827. The van der Waals surface area contributed by atoms with Gasteiger partial charge in [-0.05, 0) is 31.4 Å². The number of carbonyl (C=O) groups excluding carboxylic acids is 1. The number of hydrogen-bond donors (Lipinski definition) is 0. The average Bonchev–Trinajstić information content (AvgIpc) is 3.37. The minimum Gasteiger partial charge on any atom is -0.361 e. The van der Waals surface area contributed by atoms with E-state index in [9.17, 15) is 18.0 Å². The second-order valence-electron chi connectivity index (χ2n) is 8.35. The summed E-state index contributed by atoms with van der Waals surface area (Å²) in [6.07, 6.45) is 0.660. The van der Waals surface area contributed by atoms with Crippen LogP contribution in [-0.4, -0.2) is 59.9 Å². The highest BCUT2D eigenvalue weighted by Crippen LogP contribution is 2.50. The fourth-order valence-electron chi connectivity index (χ4n) is 4.76. The monoisotopic (exact) mass is 439 g/mol. The van der Waals surface area contributed by atoms with Crippen molar-refractivity contribution in [2.75, 3.05) is 33.2 Å². The van der Waals surface area contributed by atoms with Crippen molar-refractivity contribution in [3.63, 3.8) is 0 Å². The van der Waals surface area contributed by atoms with Gasteiger partial charge in [-0.2, -0.15) is 13.2 Å². The first-order chi connectivity index (χ1) is 14.3. The molecule has 2 aliphatic heterocycles. The summed E-state index contributed by atoms with van der Waals surface area (Å²) in [6.45, 7) is 4.94. The zero-order valence-electron chi connectivity index (χ0n) is 17.4. The number of rotatable bonds is 3. The summed E-state index contributed by atoms with van der Waals surface area (Å²) < 4.78 is 40.5. The Balaban J connectivity index is 1.46. The minimum absolute atomic E-state index is 0.0533. The maximum absolute atomic E-state index is 13.5. The summed E-state index contributed by atoms with van der Waals surface area (Å²) in [5.41, 5.74) is 0.303. The molecule has 1 saturated carbocycles. The number of halogens is 3. The van der Waals surface area contributed by atoms with Crippen molar-refractivity contribution in [3.05, 3.63) is 46.0 Å². The van der Waals surface area contributed by atoms with Gasteiger partial charge in [0.05, 0.1) is 10.5 Å². The van der Waals surface area contributed by atoms with Gasteiger partial charge in [0.15, 0.2) is 0 Å². The second kappa shape index (κ2) is 8.46. The number of hydrogen-bond acceptors (Lipinski definition) is 4. The Kier molecular flexibility index (Phi) is 6.08. The molecular weight excluding hydrogens is 411 g/mol. The summed E-state index contributed by atoms with van der Waals surface area (Å²) in [5, 5.41) is -0.554. The summed E-state index contributed by atoms with van der Waals surface area (Å²) in [6, 6.07) is 6.30. The Morgan fingerprint density at radius 2 is 1.70 bits per heavy atom. The molecule has 2 heterocycles. The zero-order chi connectivity index (χ0) is 21.5. The lowest BCUT2D eigenvalue weighted by molar-refractivity contribution is -0.138. The van der Waals surface area contributed by atoms with E-state index in [4.69, 9.17) is 0 Å². The van der Waals surface area contributed by atoms with Crippen LogP contribution in [0.4, 0.5) is 13.2 Å². The molecule has 4 nitrogen and oxygen atoms in total. The fraction of sp³-hybridized carbons (Fsp3) is 0.591. The van der Waals surface area contributed by atoms with Crippen molar-refractivity contribution in [2.24, 2.45) is 0 Å². The number of piperazine rings is 1. The van der Waals surface area contributed by atoms with Gasteiger partial charge in [-0.25, -0.2) is 0 Å². The van der Waals surface area contributed by atoms with Crippen LogP contribution in [-0.2, 0) is 11.0 Å².